The van der Waals surface area contributed by atoms with E-state index in [2.05, 4.69) is 16.0 Å². The maximum absolute atomic E-state index is 12.3. The van der Waals surface area contributed by atoms with Crippen LogP contribution in [0.4, 0.5) is 5.69 Å². The van der Waals surface area contributed by atoms with Crippen LogP contribution >= 0.6 is 0 Å². The number of nitrogens with zero attached hydrogens (tertiary/aromatic N) is 1. The van der Waals surface area contributed by atoms with E-state index in [1.54, 1.807) is 24.3 Å². The molecular weight excluding hydrogens is 293 g/mol. The summed E-state index contributed by atoms with van der Waals surface area (Å²) < 4.78 is 0.775. The molecule has 2 amide bonds. The van der Waals surface area contributed by atoms with Crippen molar-refractivity contribution in [2.24, 2.45) is 0 Å². The van der Waals surface area contributed by atoms with Gasteiger partial charge in [0, 0.05) is 0 Å². The van der Waals surface area contributed by atoms with Gasteiger partial charge in [-0.1, -0.05) is 0 Å². The number of anilines is 1. The predicted molar refractivity (Wildman–Crippen MR) is 70.8 cm³/mol. The second-order valence-electron chi connectivity index (χ2n) is 3.98. The van der Waals surface area contributed by atoms with Crippen LogP contribution in [0.15, 0.2) is 48.5 Å². The van der Waals surface area contributed by atoms with E-state index in [4.69, 9.17) is 0 Å². The summed E-state index contributed by atoms with van der Waals surface area (Å²) in [5.41, 5.74) is 1.57. The number of rotatable bonds is 1. The molecule has 0 aromatic heterocycles. The Morgan fingerprint density at radius 2 is 1.56 bits per heavy atom. The summed E-state index contributed by atoms with van der Waals surface area (Å²) in [7, 11) is 0. The van der Waals surface area contributed by atoms with Crippen LogP contribution in [0.2, 0.25) is 0 Å². The van der Waals surface area contributed by atoms with Crippen molar-refractivity contribution in [2.45, 2.75) is 0 Å². The fourth-order valence-corrected chi connectivity index (χ4v) is 2.71. The molecule has 0 spiro atoms. The molecule has 1 aliphatic heterocycles. The molecule has 0 saturated carbocycles. The van der Waals surface area contributed by atoms with Crippen LogP contribution in [0.25, 0.3) is 0 Å². The molecule has 0 radical (unpaired) electrons. The summed E-state index contributed by atoms with van der Waals surface area (Å²) in [6, 6.07) is 14.3. The third-order valence-electron chi connectivity index (χ3n) is 2.91. The molecule has 1 heterocycles. The van der Waals surface area contributed by atoms with Gasteiger partial charge in [0.05, 0.1) is 0 Å². The number of hydrogen-bond donors (Lipinski definition) is 0. The molecule has 2 aromatic carbocycles. The Morgan fingerprint density at radius 3 is 2.22 bits per heavy atom. The van der Waals surface area contributed by atoms with E-state index in [0.29, 0.717) is 16.8 Å². The molecule has 0 bridgehead atoms. The van der Waals surface area contributed by atoms with E-state index in [1.807, 2.05) is 24.3 Å². The normalized spacial score (nSPS) is 13.9. The van der Waals surface area contributed by atoms with E-state index in [1.165, 1.54) is 4.90 Å². The van der Waals surface area contributed by atoms with E-state index in [9.17, 15) is 9.59 Å². The summed E-state index contributed by atoms with van der Waals surface area (Å²) >= 11 is 2.34. The molecule has 0 N–H and O–H groups in total. The van der Waals surface area contributed by atoms with Crippen LogP contribution in [0.1, 0.15) is 20.7 Å². The molecule has 0 unspecified atom stereocenters. The first-order valence-electron chi connectivity index (χ1n) is 5.46. The molecule has 0 fully saturated rings. The monoisotopic (exact) mass is 303 g/mol. The summed E-state index contributed by atoms with van der Waals surface area (Å²) in [5, 5.41) is 0. The average Bonchev–Trinajstić information content (AvgIpc) is 2.64. The first kappa shape index (κ1) is 11.2. The first-order chi connectivity index (χ1) is 8.70. The summed E-state index contributed by atoms with van der Waals surface area (Å²) in [6.45, 7) is 0. The Hall–Kier alpha value is -1.90. The number of imide groups is 1. The minimum atomic E-state index is -0.255. The zero-order valence-corrected chi connectivity index (χ0v) is 11.2. The van der Waals surface area contributed by atoms with Gasteiger partial charge in [-0.3, -0.25) is 0 Å². The fraction of sp³-hybridized carbons (Fsp3) is 0. The van der Waals surface area contributed by atoms with E-state index in [-0.39, 0.29) is 11.8 Å². The number of para-hydroxylation sites is 1. The van der Waals surface area contributed by atoms with Crippen molar-refractivity contribution in [3.63, 3.8) is 0 Å². The molecule has 0 atom stereocenters. The van der Waals surface area contributed by atoms with Crippen molar-refractivity contribution in [1.29, 1.82) is 0 Å². The molecule has 18 heavy (non-hydrogen) atoms. The quantitative estimate of drug-likeness (QED) is 0.582. The SMILES string of the molecule is O=C1c2cccc([SeH])c2C(=O)N1c1ccccc1. The Labute approximate surface area is 112 Å². The second kappa shape index (κ2) is 4.09. The van der Waals surface area contributed by atoms with Gasteiger partial charge in [-0.25, -0.2) is 0 Å². The van der Waals surface area contributed by atoms with Crippen LogP contribution < -0.4 is 9.36 Å². The second-order valence-corrected chi connectivity index (χ2v) is 4.99. The van der Waals surface area contributed by atoms with Crippen LogP contribution in [-0.2, 0) is 0 Å². The topological polar surface area (TPSA) is 37.4 Å². The Balaban J connectivity index is 2.17. The number of carbonyl (C=O) groups is 2. The van der Waals surface area contributed by atoms with E-state index < -0.39 is 0 Å². The fourth-order valence-electron chi connectivity index (χ4n) is 2.08. The van der Waals surface area contributed by atoms with Crippen LogP contribution in [-0.4, -0.2) is 27.8 Å². The first-order valence-corrected chi connectivity index (χ1v) is 6.40. The van der Waals surface area contributed by atoms with Gasteiger partial charge in [0.2, 0.25) is 0 Å². The maximum atomic E-state index is 12.3. The molecule has 4 heteroatoms. The predicted octanol–water partition coefficient (Wildman–Crippen LogP) is 1.01. The Bertz CT molecular complexity index is 652. The minimum absolute atomic E-state index is 0.252. The molecule has 0 aliphatic carbocycles. The van der Waals surface area contributed by atoms with Crippen molar-refractivity contribution < 1.29 is 9.59 Å². The van der Waals surface area contributed by atoms with Crippen LogP contribution in [0.5, 0.6) is 0 Å². The zero-order chi connectivity index (χ0) is 12.7. The third-order valence-corrected chi connectivity index (χ3v) is 3.69. The van der Waals surface area contributed by atoms with Gasteiger partial charge < -0.3 is 0 Å². The Kier molecular flexibility index (Phi) is 2.54. The van der Waals surface area contributed by atoms with Crippen molar-refractivity contribution >= 4 is 38.0 Å². The van der Waals surface area contributed by atoms with Gasteiger partial charge in [-0.05, 0) is 0 Å². The van der Waals surface area contributed by atoms with Crippen LogP contribution in [0, 0.1) is 0 Å². The molecule has 3 rings (SSSR count). The van der Waals surface area contributed by atoms with Gasteiger partial charge in [0.25, 0.3) is 0 Å². The molecule has 3 nitrogen and oxygen atoms in total. The number of carbonyl (C=O) groups excluding carboxylic acids is 2. The van der Waals surface area contributed by atoms with Crippen molar-refractivity contribution in [3.05, 3.63) is 59.7 Å². The van der Waals surface area contributed by atoms with Gasteiger partial charge in [0.1, 0.15) is 0 Å². The van der Waals surface area contributed by atoms with Gasteiger partial charge in [0.15, 0.2) is 0 Å². The zero-order valence-electron chi connectivity index (χ0n) is 9.33. The molecule has 1 aliphatic rings. The van der Waals surface area contributed by atoms with Crippen molar-refractivity contribution in [1.82, 2.24) is 0 Å². The summed E-state index contributed by atoms with van der Waals surface area (Å²) in [6.07, 6.45) is 0. The van der Waals surface area contributed by atoms with E-state index in [0.717, 1.165) is 4.46 Å². The third kappa shape index (κ3) is 1.50. The molecule has 88 valence electrons. The standard InChI is InChI=1S/C14H9NO2Se/c16-13-10-7-4-8-11(18)12(10)14(17)15(13)9-5-2-1-3-6-9/h1-8,18H. The Morgan fingerprint density at radius 1 is 0.833 bits per heavy atom. The van der Waals surface area contributed by atoms with E-state index >= 15 is 0 Å². The molecule has 0 saturated heterocycles. The number of hydrogen-bond acceptors (Lipinski definition) is 2. The summed E-state index contributed by atoms with van der Waals surface area (Å²) in [4.78, 5) is 25.8. The average molecular weight is 302 g/mol. The van der Waals surface area contributed by atoms with Crippen molar-refractivity contribution in [2.75, 3.05) is 4.90 Å². The molecule has 2 aromatic rings. The number of fused-ring (bicyclic) bond motifs is 1. The summed E-state index contributed by atoms with van der Waals surface area (Å²) in [5.74, 6) is -0.508. The number of benzene rings is 2. The van der Waals surface area contributed by atoms with Gasteiger partial charge in [-0.2, -0.15) is 0 Å². The van der Waals surface area contributed by atoms with Crippen LogP contribution in [0.3, 0.4) is 0 Å². The van der Waals surface area contributed by atoms with Gasteiger partial charge in [-0.15, -0.1) is 0 Å². The van der Waals surface area contributed by atoms with Gasteiger partial charge >= 0.3 is 112 Å². The van der Waals surface area contributed by atoms with Crippen molar-refractivity contribution in [3.8, 4) is 0 Å². The molecular formula is C14H9NO2Se. The number of amides is 2.